The SMILES string of the molecule is CNC1CCN(Cc2ccc(F)c(F)c2)C1=O. The van der Waals surface area contributed by atoms with Crippen LogP contribution >= 0.6 is 0 Å². The van der Waals surface area contributed by atoms with Gasteiger partial charge >= 0.3 is 0 Å². The number of hydrogen-bond donors (Lipinski definition) is 1. The Morgan fingerprint density at radius 1 is 1.41 bits per heavy atom. The van der Waals surface area contributed by atoms with Crippen LogP contribution < -0.4 is 5.32 Å². The Balaban J connectivity index is 2.06. The van der Waals surface area contributed by atoms with E-state index >= 15 is 0 Å². The first-order chi connectivity index (χ1) is 8.11. The van der Waals surface area contributed by atoms with Crippen LogP contribution in [0.2, 0.25) is 0 Å². The quantitative estimate of drug-likeness (QED) is 0.863. The zero-order valence-corrected chi connectivity index (χ0v) is 9.54. The summed E-state index contributed by atoms with van der Waals surface area (Å²) in [6, 6.07) is 3.56. The highest BCUT2D eigenvalue weighted by molar-refractivity contribution is 5.83. The fourth-order valence-corrected chi connectivity index (χ4v) is 2.02. The molecule has 0 aliphatic carbocycles. The van der Waals surface area contributed by atoms with Crippen molar-refractivity contribution in [3.8, 4) is 0 Å². The summed E-state index contributed by atoms with van der Waals surface area (Å²) < 4.78 is 25.7. The van der Waals surface area contributed by atoms with Crippen LogP contribution in [-0.2, 0) is 11.3 Å². The number of likely N-dealkylation sites (N-methyl/N-ethyl adjacent to an activating group) is 1. The molecule has 1 N–H and O–H groups in total. The molecule has 2 rings (SSSR count). The molecule has 0 radical (unpaired) electrons. The van der Waals surface area contributed by atoms with Crippen LogP contribution in [0.15, 0.2) is 18.2 Å². The van der Waals surface area contributed by atoms with Gasteiger partial charge in [0, 0.05) is 13.1 Å². The predicted octanol–water partition coefficient (Wildman–Crippen LogP) is 1.29. The first kappa shape index (κ1) is 12.0. The third-order valence-corrected chi connectivity index (χ3v) is 3.00. The van der Waals surface area contributed by atoms with Gasteiger partial charge in [0.1, 0.15) is 0 Å². The largest absolute Gasteiger partial charge is 0.337 e. The second-order valence-electron chi connectivity index (χ2n) is 4.14. The molecule has 0 saturated carbocycles. The number of nitrogens with one attached hydrogen (secondary N) is 1. The van der Waals surface area contributed by atoms with E-state index in [0.717, 1.165) is 18.6 Å². The van der Waals surface area contributed by atoms with Crippen LogP contribution in [0.3, 0.4) is 0 Å². The highest BCUT2D eigenvalue weighted by Gasteiger charge is 2.30. The third-order valence-electron chi connectivity index (χ3n) is 3.00. The van der Waals surface area contributed by atoms with Gasteiger partial charge in [0.25, 0.3) is 0 Å². The minimum atomic E-state index is -0.876. The molecule has 1 aromatic carbocycles. The van der Waals surface area contributed by atoms with Crippen molar-refractivity contribution < 1.29 is 13.6 Å². The second kappa shape index (κ2) is 4.79. The number of halogens is 2. The molecule has 1 fully saturated rings. The number of rotatable bonds is 3. The van der Waals surface area contributed by atoms with Gasteiger partial charge in [-0.3, -0.25) is 4.79 Å². The molecular weight excluding hydrogens is 226 g/mol. The first-order valence-electron chi connectivity index (χ1n) is 5.52. The van der Waals surface area contributed by atoms with E-state index in [4.69, 9.17) is 0 Å². The van der Waals surface area contributed by atoms with E-state index in [1.165, 1.54) is 6.07 Å². The predicted molar refractivity (Wildman–Crippen MR) is 59.2 cm³/mol. The van der Waals surface area contributed by atoms with Gasteiger partial charge in [0.2, 0.25) is 5.91 Å². The number of amides is 1. The van der Waals surface area contributed by atoms with Crippen LogP contribution in [0.1, 0.15) is 12.0 Å². The van der Waals surface area contributed by atoms with Gasteiger partial charge in [-0.15, -0.1) is 0 Å². The Morgan fingerprint density at radius 3 is 2.76 bits per heavy atom. The lowest BCUT2D eigenvalue weighted by atomic mass is 10.2. The summed E-state index contributed by atoms with van der Waals surface area (Å²) in [4.78, 5) is 13.4. The average molecular weight is 240 g/mol. The van der Waals surface area contributed by atoms with E-state index in [2.05, 4.69) is 5.32 Å². The molecule has 0 spiro atoms. The molecule has 1 aliphatic rings. The Hall–Kier alpha value is -1.49. The Bertz CT molecular complexity index is 437. The number of nitrogens with zero attached hydrogens (tertiary/aromatic N) is 1. The van der Waals surface area contributed by atoms with Crippen molar-refractivity contribution in [2.75, 3.05) is 13.6 Å². The zero-order valence-electron chi connectivity index (χ0n) is 9.54. The number of hydrogen-bond acceptors (Lipinski definition) is 2. The Labute approximate surface area is 98.4 Å². The van der Waals surface area contributed by atoms with Crippen LogP contribution in [0.25, 0.3) is 0 Å². The summed E-state index contributed by atoms with van der Waals surface area (Å²) in [6.45, 7) is 0.970. The van der Waals surface area contributed by atoms with Crippen LogP contribution in [0.5, 0.6) is 0 Å². The maximum atomic E-state index is 13.0. The van der Waals surface area contributed by atoms with E-state index in [9.17, 15) is 13.6 Å². The monoisotopic (exact) mass is 240 g/mol. The Morgan fingerprint density at radius 2 is 2.18 bits per heavy atom. The van der Waals surface area contributed by atoms with Crippen molar-refractivity contribution >= 4 is 5.91 Å². The lowest BCUT2D eigenvalue weighted by Gasteiger charge is -2.16. The van der Waals surface area contributed by atoms with E-state index in [1.54, 1.807) is 11.9 Å². The van der Waals surface area contributed by atoms with Crippen LogP contribution in [0, 0.1) is 11.6 Å². The molecule has 92 valence electrons. The summed E-state index contributed by atoms with van der Waals surface area (Å²) >= 11 is 0. The van der Waals surface area contributed by atoms with Gasteiger partial charge in [-0.1, -0.05) is 6.07 Å². The summed E-state index contributed by atoms with van der Waals surface area (Å²) in [5, 5.41) is 2.92. The lowest BCUT2D eigenvalue weighted by Crippen LogP contribution is -2.35. The minimum absolute atomic E-state index is 0.0113. The zero-order chi connectivity index (χ0) is 12.4. The van der Waals surface area contributed by atoms with Crippen molar-refractivity contribution in [3.63, 3.8) is 0 Å². The molecule has 1 unspecified atom stereocenters. The highest BCUT2D eigenvalue weighted by Crippen LogP contribution is 2.16. The lowest BCUT2D eigenvalue weighted by molar-refractivity contribution is -0.129. The summed E-state index contributed by atoms with van der Waals surface area (Å²) in [5.41, 5.74) is 0.606. The molecule has 0 aromatic heterocycles. The molecule has 3 nitrogen and oxygen atoms in total. The number of carbonyl (C=O) groups is 1. The van der Waals surface area contributed by atoms with Crippen LogP contribution in [-0.4, -0.2) is 30.4 Å². The molecule has 17 heavy (non-hydrogen) atoms. The van der Waals surface area contributed by atoms with Gasteiger partial charge in [-0.05, 0) is 31.2 Å². The molecule has 1 heterocycles. The molecular formula is C12H14F2N2O. The van der Waals surface area contributed by atoms with Gasteiger partial charge in [-0.2, -0.15) is 0 Å². The van der Waals surface area contributed by atoms with Crippen LogP contribution in [0.4, 0.5) is 8.78 Å². The van der Waals surface area contributed by atoms with E-state index in [0.29, 0.717) is 18.7 Å². The van der Waals surface area contributed by atoms with Crippen molar-refractivity contribution in [1.82, 2.24) is 10.2 Å². The Kier molecular flexibility index (Phi) is 3.38. The normalized spacial score (nSPS) is 20.1. The van der Waals surface area contributed by atoms with Crippen molar-refractivity contribution in [1.29, 1.82) is 0 Å². The highest BCUT2D eigenvalue weighted by atomic mass is 19.2. The van der Waals surface area contributed by atoms with Gasteiger partial charge in [0.15, 0.2) is 11.6 Å². The van der Waals surface area contributed by atoms with E-state index in [-0.39, 0.29) is 11.9 Å². The maximum Gasteiger partial charge on any atom is 0.240 e. The third kappa shape index (κ3) is 2.44. The van der Waals surface area contributed by atoms with Gasteiger partial charge in [-0.25, -0.2) is 8.78 Å². The van der Waals surface area contributed by atoms with E-state index < -0.39 is 11.6 Å². The van der Waals surface area contributed by atoms with E-state index in [1.807, 2.05) is 0 Å². The number of likely N-dealkylation sites (tertiary alicyclic amines) is 1. The standard InChI is InChI=1S/C12H14F2N2O/c1-15-11-4-5-16(12(11)17)7-8-2-3-9(13)10(14)6-8/h2-3,6,11,15H,4-5,7H2,1H3. The van der Waals surface area contributed by atoms with Crippen molar-refractivity contribution in [3.05, 3.63) is 35.4 Å². The summed E-state index contributed by atoms with van der Waals surface area (Å²) in [6.07, 6.45) is 0.749. The number of carbonyl (C=O) groups excluding carboxylic acids is 1. The van der Waals surface area contributed by atoms with Crippen molar-refractivity contribution in [2.24, 2.45) is 0 Å². The fourth-order valence-electron chi connectivity index (χ4n) is 2.02. The summed E-state index contributed by atoms with van der Waals surface area (Å²) in [7, 11) is 1.74. The average Bonchev–Trinajstić information content (AvgIpc) is 2.65. The van der Waals surface area contributed by atoms with Gasteiger partial charge < -0.3 is 10.2 Å². The number of benzene rings is 1. The fraction of sp³-hybridized carbons (Fsp3) is 0.417. The molecule has 1 atom stereocenters. The smallest absolute Gasteiger partial charge is 0.240 e. The molecule has 5 heteroatoms. The summed E-state index contributed by atoms with van der Waals surface area (Å²) in [5.74, 6) is -1.73. The first-order valence-corrected chi connectivity index (χ1v) is 5.52. The topological polar surface area (TPSA) is 32.3 Å². The molecule has 1 aromatic rings. The van der Waals surface area contributed by atoms with Gasteiger partial charge in [0.05, 0.1) is 6.04 Å². The molecule has 1 aliphatic heterocycles. The molecule has 1 amide bonds. The van der Waals surface area contributed by atoms with Crippen molar-refractivity contribution in [2.45, 2.75) is 19.0 Å². The second-order valence-corrected chi connectivity index (χ2v) is 4.14. The molecule has 0 bridgehead atoms. The maximum absolute atomic E-state index is 13.0. The minimum Gasteiger partial charge on any atom is -0.337 e. The molecule has 1 saturated heterocycles.